The molecule has 0 heterocycles. The average molecular weight is 247 g/mol. The first-order valence-electron chi connectivity index (χ1n) is 5.34. The fraction of sp³-hybridized carbons (Fsp3) is 0.800. The lowest BCUT2D eigenvalue weighted by Gasteiger charge is -2.16. The Kier molecular flexibility index (Phi) is 8.10. The van der Waals surface area contributed by atoms with E-state index in [1.54, 1.807) is 6.07 Å². The van der Waals surface area contributed by atoms with Gasteiger partial charge in [0, 0.05) is 0 Å². The Bertz CT molecular complexity index is 286. The van der Waals surface area contributed by atoms with Crippen LogP contribution in [0.5, 0.6) is 0 Å². The monoisotopic (exact) mass is 247 g/mol. The largest absolute Gasteiger partial charge is 0.338 e. The summed E-state index contributed by atoms with van der Waals surface area (Å²) in [6.45, 7) is 4.34. The maximum absolute atomic E-state index is 12.0. The number of nitriles is 1. The molecule has 6 heteroatoms. The Balaban J connectivity index is 4.35. The van der Waals surface area contributed by atoms with Crippen LogP contribution in [-0.4, -0.2) is 25.2 Å². The lowest BCUT2D eigenvalue weighted by molar-refractivity contribution is -0.116. The molecule has 0 radical (unpaired) electrons. The van der Waals surface area contributed by atoms with E-state index < -0.39 is 13.4 Å². The molecule has 0 atom stereocenters. The minimum atomic E-state index is -3.34. The van der Waals surface area contributed by atoms with Crippen molar-refractivity contribution in [2.75, 3.05) is 19.4 Å². The molecule has 0 N–H and O–H groups in total. The van der Waals surface area contributed by atoms with Gasteiger partial charge in [-0.05, 0) is 12.8 Å². The van der Waals surface area contributed by atoms with E-state index in [1.165, 1.54) is 0 Å². The third kappa shape index (κ3) is 6.73. The minimum absolute atomic E-state index is 0.255. The van der Waals surface area contributed by atoms with Gasteiger partial charge in [-0.25, -0.2) is 0 Å². The highest BCUT2D eigenvalue weighted by Gasteiger charge is 2.27. The second-order valence-corrected chi connectivity index (χ2v) is 5.36. The number of rotatable bonds is 9. The SMILES string of the molecule is CCCOP(=O)(CC(=O)CC#N)OCCC. The second-order valence-electron chi connectivity index (χ2n) is 3.31. The van der Waals surface area contributed by atoms with Crippen molar-refractivity contribution in [2.24, 2.45) is 0 Å². The van der Waals surface area contributed by atoms with Crippen molar-refractivity contribution in [2.45, 2.75) is 33.1 Å². The minimum Gasteiger partial charge on any atom is -0.308 e. The van der Waals surface area contributed by atoms with Gasteiger partial charge < -0.3 is 9.05 Å². The molecular weight excluding hydrogens is 229 g/mol. The van der Waals surface area contributed by atoms with E-state index in [9.17, 15) is 9.36 Å². The van der Waals surface area contributed by atoms with Crippen LogP contribution in [0.25, 0.3) is 0 Å². The summed E-state index contributed by atoms with van der Waals surface area (Å²) in [7, 11) is -3.34. The standard InChI is InChI=1S/C10H18NO4P/c1-3-7-14-16(13,15-8-4-2)9-10(12)5-6-11/h3-5,7-9H2,1-2H3. The lowest BCUT2D eigenvalue weighted by atomic mass is 10.3. The zero-order valence-corrected chi connectivity index (χ0v) is 10.7. The Morgan fingerprint density at radius 1 is 1.25 bits per heavy atom. The summed E-state index contributed by atoms with van der Waals surface area (Å²) in [5.41, 5.74) is 0. The number of carbonyl (C=O) groups is 1. The second kappa shape index (κ2) is 8.46. The predicted molar refractivity (Wildman–Crippen MR) is 60.2 cm³/mol. The molecule has 0 unspecified atom stereocenters. The topological polar surface area (TPSA) is 76.4 Å². The highest BCUT2D eigenvalue weighted by molar-refractivity contribution is 7.54. The normalized spacial score (nSPS) is 11.1. The van der Waals surface area contributed by atoms with Crippen LogP contribution in [0, 0.1) is 11.3 Å². The van der Waals surface area contributed by atoms with Crippen molar-refractivity contribution in [3.63, 3.8) is 0 Å². The first kappa shape index (κ1) is 15.3. The van der Waals surface area contributed by atoms with Crippen LogP contribution in [0.3, 0.4) is 0 Å². The molecule has 5 nitrogen and oxygen atoms in total. The zero-order chi connectivity index (χ0) is 12.4. The number of Topliss-reactive ketones (excluding diaryl/α,β-unsaturated/α-hetero) is 1. The molecule has 0 aliphatic carbocycles. The molecule has 0 saturated heterocycles. The van der Waals surface area contributed by atoms with E-state index in [0.717, 1.165) is 0 Å². The van der Waals surface area contributed by atoms with E-state index in [0.29, 0.717) is 26.1 Å². The van der Waals surface area contributed by atoms with Gasteiger partial charge in [0.2, 0.25) is 0 Å². The van der Waals surface area contributed by atoms with Gasteiger partial charge in [0.05, 0.1) is 25.7 Å². The Hall–Kier alpha value is -0.690. The Labute approximate surface area is 96.3 Å². The quantitative estimate of drug-likeness (QED) is 0.585. The smallest absolute Gasteiger partial charge is 0.308 e. The molecule has 0 aliphatic heterocycles. The maximum atomic E-state index is 12.0. The van der Waals surface area contributed by atoms with Crippen molar-refractivity contribution in [3.05, 3.63) is 0 Å². The molecule has 0 amide bonds. The molecule has 16 heavy (non-hydrogen) atoms. The molecule has 0 saturated carbocycles. The van der Waals surface area contributed by atoms with E-state index in [2.05, 4.69) is 0 Å². The van der Waals surface area contributed by atoms with E-state index in [1.807, 2.05) is 13.8 Å². The van der Waals surface area contributed by atoms with Crippen LogP contribution in [0.2, 0.25) is 0 Å². The number of nitrogens with zero attached hydrogens (tertiary/aromatic N) is 1. The van der Waals surface area contributed by atoms with Crippen molar-refractivity contribution >= 4 is 13.4 Å². The Morgan fingerprint density at radius 2 is 1.75 bits per heavy atom. The molecule has 0 fully saturated rings. The molecule has 0 spiro atoms. The fourth-order valence-corrected chi connectivity index (χ4v) is 2.67. The number of hydrogen-bond donors (Lipinski definition) is 0. The summed E-state index contributed by atoms with van der Waals surface area (Å²) >= 11 is 0. The van der Waals surface area contributed by atoms with Crippen LogP contribution >= 0.6 is 7.60 Å². The summed E-state index contributed by atoms with van der Waals surface area (Å²) in [5, 5.41) is 8.34. The van der Waals surface area contributed by atoms with Crippen molar-refractivity contribution in [1.29, 1.82) is 5.26 Å². The molecular formula is C10H18NO4P. The van der Waals surface area contributed by atoms with Gasteiger partial charge in [0.15, 0.2) is 5.78 Å². The van der Waals surface area contributed by atoms with Gasteiger partial charge in [-0.3, -0.25) is 9.36 Å². The summed E-state index contributed by atoms with van der Waals surface area (Å²) in [4.78, 5) is 11.2. The van der Waals surface area contributed by atoms with Crippen LogP contribution in [-0.2, 0) is 18.4 Å². The van der Waals surface area contributed by atoms with E-state index in [-0.39, 0.29) is 12.6 Å². The Morgan fingerprint density at radius 3 is 2.12 bits per heavy atom. The summed E-state index contributed by atoms with van der Waals surface area (Å²) in [6, 6.07) is 1.72. The summed E-state index contributed by atoms with van der Waals surface area (Å²) < 4.78 is 22.2. The predicted octanol–water partition coefficient (Wildman–Crippen LogP) is 2.52. The molecule has 0 aliphatic rings. The van der Waals surface area contributed by atoms with Crippen LogP contribution in [0.15, 0.2) is 0 Å². The third-order valence-corrected chi connectivity index (χ3v) is 3.52. The number of carbonyl (C=O) groups excluding carboxylic acids is 1. The highest BCUT2D eigenvalue weighted by Crippen LogP contribution is 2.48. The van der Waals surface area contributed by atoms with Crippen LogP contribution in [0.1, 0.15) is 33.1 Å². The first-order valence-corrected chi connectivity index (χ1v) is 7.07. The van der Waals surface area contributed by atoms with Crippen LogP contribution in [0.4, 0.5) is 0 Å². The van der Waals surface area contributed by atoms with Gasteiger partial charge in [-0.15, -0.1) is 0 Å². The average Bonchev–Trinajstić information content (AvgIpc) is 2.24. The molecule has 0 bridgehead atoms. The van der Waals surface area contributed by atoms with Gasteiger partial charge >= 0.3 is 7.60 Å². The molecule has 0 aromatic heterocycles. The van der Waals surface area contributed by atoms with Crippen molar-refractivity contribution in [1.82, 2.24) is 0 Å². The van der Waals surface area contributed by atoms with E-state index >= 15 is 0 Å². The van der Waals surface area contributed by atoms with Gasteiger partial charge in [-0.1, -0.05) is 13.8 Å². The number of ketones is 1. The maximum Gasteiger partial charge on any atom is 0.338 e. The molecule has 92 valence electrons. The van der Waals surface area contributed by atoms with Crippen LogP contribution < -0.4 is 0 Å². The number of hydrogen-bond acceptors (Lipinski definition) is 5. The molecule has 0 aromatic carbocycles. The van der Waals surface area contributed by atoms with Gasteiger partial charge in [0.1, 0.15) is 6.16 Å². The van der Waals surface area contributed by atoms with E-state index in [4.69, 9.17) is 14.3 Å². The highest BCUT2D eigenvalue weighted by atomic mass is 31.2. The molecule has 0 rings (SSSR count). The first-order chi connectivity index (χ1) is 7.58. The van der Waals surface area contributed by atoms with Gasteiger partial charge in [-0.2, -0.15) is 5.26 Å². The zero-order valence-electron chi connectivity index (χ0n) is 9.77. The van der Waals surface area contributed by atoms with Crippen molar-refractivity contribution < 1.29 is 18.4 Å². The van der Waals surface area contributed by atoms with Gasteiger partial charge in [0.25, 0.3) is 0 Å². The lowest BCUT2D eigenvalue weighted by Crippen LogP contribution is -2.10. The summed E-state index contributed by atoms with van der Waals surface area (Å²) in [6.07, 6.45) is 0.841. The fourth-order valence-electron chi connectivity index (χ4n) is 0.949. The third-order valence-electron chi connectivity index (χ3n) is 1.63. The van der Waals surface area contributed by atoms with Crippen molar-refractivity contribution in [3.8, 4) is 6.07 Å². The summed E-state index contributed by atoms with van der Waals surface area (Å²) in [5.74, 6) is -0.405. The molecule has 0 aromatic rings.